The number of halogens is 1. The van der Waals surface area contributed by atoms with E-state index in [-0.39, 0.29) is 5.56 Å². The van der Waals surface area contributed by atoms with Crippen LogP contribution in [0.4, 0.5) is 0 Å². The first-order valence-corrected chi connectivity index (χ1v) is 8.61. The number of hydrogen-bond acceptors (Lipinski definition) is 3. The van der Waals surface area contributed by atoms with E-state index < -0.39 is 0 Å². The molecule has 2 aromatic heterocycles. The van der Waals surface area contributed by atoms with Crippen molar-refractivity contribution in [2.24, 2.45) is 5.92 Å². The highest BCUT2D eigenvalue weighted by Crippen LogP contribution is 2.25. The summed E-state index contributed by atoms with van der Waals surface area (Å²) in [5.41, 5.74) is 3.67. The van der Waals surface area contributed by atoms with E-state index in [1.54, 1.807) is 10.9 Å². The second kappa shape index (κ2) is 6.02. The van der Waals surface area contributed by atoms with Crippen molar-refractivity contribution in [3.8, 4) is 0 Å². The standard InChI is InChI=1S/C19H18ClN3O/c1-12-6-7-17-14(8-12)9-15-18(22-17)21-11-23(19(15)24)10-13-4-2-3-5-16(13)20/h2-5,9,11-12H,6-8,10H2,1H3/t12-/m1/s1. The summed E-state index contributed by atoms with van der Waals surface area (Å²) in [7, 11) is 0. The van der Waals surface area contributed by atoms with Crippen LogP contribution in [0.3, 0.4) is 0 Å². The molecule has 4 rings (SSSR count). The van der Waals surface area contributed by atoms with E-state index >= 15 is 0 Å². The van der Waals surface area contributed by atoms with Crippen molar-refractivity contribution in [2.75, 3.05) is 0 Å². The Morgan fingerprint density at radius 2 is 2.17 bits per heavy atom. The van der Waals surface area contributed by atoms with Crippen molar-refractivity contribution in [2.45, 2.75) is 32.7 Å². The molecule has 0 aliphatic heterocycles. The molecule has 0 bridgehead atoms. The highest BCUT2D eigenvalue weighted by Gasteiger charge is 2.18. The molecule has 0 amide bonds. The lowest BCUT2D eigenvalue weighted by molar-refractivity contribution is 0.495. The molecule has 1 aliphatic carbocycles. The van der Waals surface area contributed by atoms with Crippen LogP contribution in [0.2, 0.25) is 5.02 Å². The van der Waals surface area contributed by atoms with Gasteiger partial charge in [0.15, 0.2) is 5.65 Å². The Morgan fingerprint density at radius 3 is 3.00 bits per heavy atom. The van der Waals surface area contributed by atoms with E-state index in [9.17, 15) is 4.79 Å². The topological polar surface area (TPSA) is 47.8 Å². The van der Waals surface area contributed by atoms with Gasteiger partial charge in [0.05, 0.1) is 11.9 Å². The summed E-state index contributed by atoms with van der Waals surface area (Å²) in [6.45, 7) is 2.65. The number of pyridine rings is 1. The van der Waals surface area contributed by atoms with Gasteiger partial charge in [-0.25, -0.2) is 9.97 Å². The summed E-state index contributed by atoms with van der Waals surface area (Å²) < 4.78 is 1.60. The van der Waals surface area contributed by atoms with Crippen molar-refractivity contribution in [3.63, 3.8) is 0 Å². The van der Waals surface area contributed by atoms with Gasteiger partial charge in [-0.3, -0.25) is 9.36 Å². The van der Waals surface area contributed by atoms with Crippen LogP contribution in [-0.2, 0) is 19.4 Å². The molecular formula is C19H18ClN3O. The maximum absolute atomic E-state index is 12.9. The van der Waals surface area contributed by atoms with E-state index in [0.29, 0.717) is 28.5 Å². The quantitative estimate of drug-likeness (QED) is 0.716. The lowest BCUT2D eigenvalue weighted by Gasteiger charge is -2.20. The van der Waals surface area contributed by atoms with Crippen molar-refractivity contribution >= 4 is 22.6 Å². The fraction of sp³-hybridized carbons (Fsp3) is 0.316. The fourth-order valence-corrected chi connectivity index (χ4v) is 3.54. The van der Waals surface area contributed by atoms with Crippen LogP contribution in [0.25, 0.3) is 11.0 Å². The molecule has 3 aromatic rings. The predicted octanol–water partition coefficient (Wildman–Crippen LogP) is 3.62. The molecule has 0 saturated carbocycles. The molecule has 0 spiro atoms. The van der Waals surface area contributed by atoms with Gasteiger partial charge in [0.1, 0.15) is 6.33 Å². The first-order chi connectivity index (χ1) is 11.6. The van der Waals surface area contributed by atoms with Crippen molar-refractivity contribution in [1.82, 2.24) is 14.5 Å². The lowest BCUT2D eigenvalue weighted by atomic mass is 9.87. The first kappa shape index (κ1) is 15.3. The minimum Gasteiger partial charge on any atom is -0.294 e. The molecule has 0 radical (unpaired) electrons. The van der Waals surface area contributed by atoms with Crippen LogP contribution in [0.1, 0.15) is 30.2 Å². The number of aromatic nitrogens is 3. The molecule has 1 aliphatic rings. The average Bonchev–Trinajstić information content (AvgIpc) is 2.58. The minimum atomic E-state index is -0.0616. The lowest BCUT2D eigenvalue weighted by Crippen LogP contribution is -2.23. The summed E-state index contributed by atoms with van der Waals surface area (Å²) in [6.07, 6.45) is 4.67. The summed E-state index contributed by atoms with van der Waals surface area (Å²) in [4.78, 5) is 21.9. The molecule has 0 N–H and O–H groups in total. The molecular weight excluding hydrogens is 322 g/mol. The Bertz CT molecular complexity index is 980. The normalized spacial score (nSPS) is 17.0. The van der Waals surface area contributed by atoms with Gasteiger partial charge in [-0.05, 0) is 48.4 Å². The first-order valence-electron chi connectivity index (χ1n) is 8.23. The number of hydrogen-bond donors (Lipinski definition) is 0. The highest BCUT2D eigenvalue weighted by atomic mass is 35.5. The van der Waals surface area contributed by atoms with Crippen molar-refractivity contribution in [1.29, 1.82) is 0 Å². The summed E-state index contributed by atoms with van der Waals surface area (Å²) in [5, 5.41) is 1.25. The van der Waals surface area contributed by atoms with Gasteiger partial charge in [-0.2, -0.15) is 0 Å². The Balaban J connectivity index is 1.80. The largest absolute Gasteiger partial charge is 0.294 e. The van der Waals surface area contributed by atoms with E-state index in [0.717, 1.165) is 30.5 Å². The second-order valence-corrected chi connectivity index (χ2v) is 6.99. The monoisotopic (exact) mass is 339 g/mol. The Labute approximate surface area is 145 Å². The molecule has 4 nitrogen and oxygen atoms in total. The van der Waals surface area contributed by atoms with Crippen LogP contribution >= 0.6 is 11.6 Å². The van der Waals surface area contributed by atoms with Crippen LogP contribution in [0.5, 0.6) is 0 Å². The number of fused-ring (bicyclic) bond motifs is 2. The zero-order valence-electron chi connectivity index (χ0n) is 13.5. The zero-order chi connectivity index (χ0) is 16.7. The number of benzene rings is 1. The SMILES string of the molecule is C[C@@H]1CCc2nc3ncn(Cc4ccccc4Cl)c(=O)c3cc2C1. The third-order valence-corrected chi connectivity index (χ3v) is 5.09. The van der Waals surface area contributed by atoms with Gasteiger partial charge < -0.3 is 0 Å². The molecule has 2 heterocycles. The Morgan fingerprint density at radius 1 is 1.33 bits per heavy atom. The average molecular weight is 340 g/mol. The van der Waals surface area contributed by atoms with Gasteiger partial charge in [-0.1, -0.05) is 36.7 Å². The summed E-state index contributed by atoms with van der Waals surface area (Å²) in [6, 6.07) is 9.54. The van der Waals surface area contributed by atoms with Crippen LogP contribution < -0.4 is 5.56 Å². The van der Waals surface area contributed by atoms with Gasteiger partial charge in [0.25, 0.3) is 5.56 Å². The van der Waals surface area contributed by atoms with E-state index in [1.165, 1.54) is 5.56 Å². The summed E-state index contributed by atoms with van der Waals surface area (Å²) >= 11 is 6.21. The van der Waals surface area contributed by atoms with Gasteiger partial charge in [0.2, 0.25) is 0 Å². The van der Waals surface area contributed by atoms with Crippen LogP contribution in [-0.4, -0.2) is 14.5 Å². The molecule has 5 heteroatoms. The minimum absolute atomic E-state index is 0.0616. The Hall–Kier alpha value is -2.20. The van der Waals surface area contributed by atoms with Crippen LogP contribution in [0, 0.1) is 5.92 Å². The molecule has 24 heavy (non-hydrogen) atoms. The third-order valence-electron chi connectivity index (χ3n) is 4.72. The van der Waals surface area contributed by atoms with E-state index in [4.69, 9.17) is 11.6 Å². The van der Waals surface area contributed by atoms with Crippen LogP contribution in [0.15, 0.2) is 41.5 Å². The maximum Gasteiger partial charge on any atom is 0.263 e. The molecule has 1 aromatic carbocycles. The van der Waals surface area contributed by atoms with E-state index in [2.05, 4.69) is 16.9 Å². The number of rotatable bonds is 2. The third kappa shape index (κ3) is 2.71. The number of nitrogens with zero attached hydrogens (tertiary/aromatic N) is 3. The van der Waals surface area contributed by atoms with Crippen molar-refractivity contribution in [3.05, 3.63) is 68.9 Å². The zero-order valence-corrected chi connectivity index (χ0v) is 14.3. The Kier molecular flexibility index (Phi) is 3.85. The second-order valence-electron chi connectivity index (χ2n) is 6.58. The van der Waals surface area contributed by atoms with Gasteiger partial charge in [-0.15, -0.1) is 0 Å². The fourth-order valence-electron chi connectivity index (χ4n) is 3.35. The van der Waals surface area contributed by atoms with E-state index in [1.807, 2.05) is 30.3 Å². The molecule has 122 valence electrons. The van der Waals surface area contributed by atoms with Gasteiger partial charge >= 0.3 is 0 Å². The van der Waals surface area contributed by atoms with Gasteiger partial charge in [0, 0.05) is 10.7 Å². The molecule has 0 fully saturated rings. The van der Waals surface area contributed by atoms with Crippen molar-refractivity contribution < 1.29 is 0 Å². The summed E-state index contributed by atoms with van der Waals surface area (Å²) in [5.74, 6) is 0.638. The maximum atomic E-state index is 12.9. The smallest absolute Gasteiger partial charge is 0.263 e. The molecule has 0 saturated heterocycles. The predicted molar refractivity (Wildman–Crippen MR) is 95.5 cm³/mol. The number of aryl methyl sites for hydroxylation is 1. The molecule has 0 unspecified atom stereocenters. The molecule has 1 atom stereocenters. The highest BCUT2D eigenvalue weighted by molar-refractivity contribution is 6.31.